The van der Waals surface area contributed by atoms with Crippen LogP contribution in [0.1, 0.15) is 5.56 Å². The van der Waals surface area contributed by atoms with Crippen molar-refractivity contribution in [3.63, 3.8) is 0 Å². The molecule has 28 heavy (non-hydrogen) atoms. The van der Waals surface area contributed by atoms with Gasteiger partial charge < -0.3 is 19.5 Å². The number of rotatable bonds is 8. The molecule has 9 heteroatoms. The molecule has 0 bridgehead atoms. The first-order valence-corrected chi connectivity index (χ1v) is 8.04. The van der Waals surface area contributed by atoms with Gasteiger partial charge in [0, 0.05) is 11.6 Å². The second-order valence-corrected chi connectivity index (χ2v) is 5.37. The van der Waals surface area contributed by atoms with Gasteiger partial charge in [-0.2, -0.15) is 0 Å². The minimum atomic E-state index is -0.745. The zero-order valence-electron chi connectivity index (χ0n) is 15.2. The third-order valence-corrected chi connectivity index (χ3v) is 3.56. The maximum absolute atomic E-state index is 11.9. The molecule has 1 N–H and O–H groups in total. The molecule has 0 aliphatic carbocycles. The van der Waals surface area contributed by atoms with Crippen molar-refractivity contribution in [2.24, 2.45) is 0 Å². The molecule has 0 radical (unpaired) electrons. The molecular weight excluding hydrogens is 368 g/mol. The largest absolute Gasteiger partial charge is 0.496 e. The number of carbonyl (C=O) groups is 2. The van der Waals surface area contributed by atoms with E-state index >= 15 is 0 Å². The second-order valence-electron chi connectivity index (χ2n) is 5.37. The molecule has 146 valence electrons. The Balaban J connectivity index is 1.94. The Hall–Kier alpha value is -3.88. The number of methoxy groups -OCH3 is 2. The maximum atomic E-state index is 11.9. The molecule has 0 aliphatic rings. The minimum Gasteiger partial charge on any atom is -0.496 e. The summed E-state index contributed by atoms with van der Waals surface area (Å²) in [5.74, 6) is -0.605. The number of nitrogens with zero attached hydrogens (tertiary/aromatic N) is 1. The molecule has 0 aliphatic heterocycles. The molecule has 0 unspecified atom stereocenters. The van der Waals surface area contributed by atoms with Gasteiger partial charge in [0.2, 0.25) is 0 Å². The number of amides is 1. The Bertz CT molecular complexity index is 909. The quantitative estimate of drug-likeness (QED) is 0.321. The van der Waals surface area contributed by atoms with Crippen LogP contribution in [-0.2, 0) is 14.3 Å². The number of hydrogen-bond donors (Lipinski definition) is 1. The van der Waals surface area contributed by atoms with Crippen molar-refractivity contribution in [3.8, 4) is 11.5 Å². The molecule has 0 spiro atoms. The molecule has 0 fully saturated rings. The molecule has 0 saturated heterocycles. The Morgan fingerprint density at radius 2 is 1.89 bits per heavy atom. The fourth-order valence-corrected chi connectivity index (χ4v) is 2.23. The molecule has 0 atom stereocenters. The Morgan fingerprint density at radius 1 is 1.14 bits per heavy atom. The first-order chi connectivity index (χ1) is 13.4. The van der Waals surface area contributed by atoms with Gasteiger partial charge in [-0.1, -0.05) is 18.2 Å². The fourth-order valence-electron chi connectivity index (χ4n) is 2.23. The highest BCUT2D eigenvalue weighted by atomic mass is 16.6. The molecular formula is C19H18N2O7. The third kappa shape index (κ3) is 5.56. The summed E-state index contributed by atoms with van der Waals surface area (Å²) >= 11 is 0. The lowest BCUT2D eigenvalue weighted by Crippen LogP contribution is -2.20. The molecule has 0 heterocycles. The monoisotopic (exact) mass is 386 g/mol. The predicted molar refractivity (Wildman–Crippen MR) is 101 cm³/mol. The summed E-state index contributed by atoms with van der Waals surface area (Å²) in [6.45, 7) is -0.599. The van der Waals surface area contributed by atoms with Gasteiger partial charge in [0.1, 0.15) is 17.2 Å². The van der Waals surface area contributed by atoms with E-state index in [1.165, 1.54) is 38.5 Å². The van der Waals surface area contributed by atoms with Crippen LogP contribution in [0.4, 0.5) is 11.4 Å². The van der Waals surface area contributed by atoms with Gasteiger partial charge in [0.05, 0.1) is 25.2 Å². The van der Waals surface area contributed by atoms with E-state index in [9.17, 15) is 19.7 Å². The molecule has 9 nitrogen and oxygen atoms in total. The first-order valence-electron chi connectivity index (χ1n) is 8.04. The molecule has 2 aromatic carbocycles. The zero-order chi connectivity index (χ0) is 20.5. The molecule has 2 rings (SSSR count). The van der Waals surface area contributed by atoms with Crippen LogP contribution in [-0.4, -0.2) is 37.6 Å². The summed E-state index contributed by atoms with van der Waals surface area (Å²) in [6.07, 6.45) is 2.65. The summed E-state index contributed by atoms with van der Waals surface area (Å²) < 4.78 is 14.9. The topological polar surface area (TPSA) is 117 Å². The van der Waals surface area contributed by atoms with Crippen molar-refractivity contribution in [1.82, 2.24) is 0 Å². The number of ether oxygens (including phenoxy) is 3. The second kappa shape index (κ2) is 9.72. The number of carbonyl (C=O) groups excluding carboxylic acids is 2. The average Bonchev–Trinajstić information content (AvgIpc) is 2.71. The molecule has 0 saturated carbocycles. The van der Waals surface area contributed by atoms with E-state index in [-0.39, 0.29) is 17.1 Å². The van der Waals surface area contributed by atoms with Crippen molar-refractivity contribution in [2.45, 2.75) is 0 Å². The van der Waals surface area contributed by atoms with Crippen molar-refractivity contribution in [1.29, 1.82) is 0 Å². The van der Waals surface area contributed by atoms with E-state index in [0.29, 0.717) is 11.3 Å². The summed E-state index contributed by atoms with van der Waals surface area (Å²) in [7, 11) is 2.88. The van der Waals surface area contributed by atoms with Crippen LogP contribution < -0.4 is 14.8 Å². The summed E-state index contributed by atoms with van der Waals surface area (Å²) in [5, 5.41) is 13.4. The fraction of sp³-hybridized carbons (Fsp3) is 0.158. The Kier molecular flexibility index (Phi) is 7.09. The number of hydrogen-bond acceptors (Lipinski definition) is 7. The lowest BCUT2D eigenvalue weighted by Gasteiger charge is -2.07. The summed E-state index contributed by atoms with van der Waals surface area (Å²) in [4.78, 5) is 34.2. The highest BCUT2D eigenvalue weighted by molar-refractivity contribution is 5.96. The Morgan fingerprint density at radius 3 is 2.57 bits per heavy atom. The van der Waals surface area contributed by atoms with E-state index in [1.54, 1.807) is 24.3 Å². The van der Waals surface area contributed by atoms with Crippen LogP contribution in [0.25, 0.3) is 6.08 Å². The summed E-state index contributed by atoms with van der Waals surface area (Å²) in [5.41, 5.74) is 0.298. The molecule has 1 amide bonds. The van der Waals surface area contributed by atoms with Crippen molar-refractivity contribution in [2.75, 3.05) is 26.1 Å². The number of anilines is 1. The SMILES string of the molecule is COc1ccc(NC(=O)COC(=O)/C=C/c2ccccc2OC)c([N+](=O)[O-])c1. The zero-order valence-corrected chi connectivity index (χ0v) is 15.2. The first kappa shape index (κ1) is 20.4. The highest BCUT2D eigenvalue weighted by Gasteiger charge is 2.17. The van der Waals surface area contributed by atoms with Crippen molar-refractivity contribution < 1.29 is 28.7 Å². The van der Waals surface area contributed by atoms with Gasteiger partial charge in [0.25, 0.3) is 11.6 Å². The van der Waals surface area contributed by atoms with Crippen molar-refractivity contribution in [3.05, 3.63) is 64.2 Å². The Labute approximate surface area is 160 Å². The van der Waals surface area contributed by atoms with Crippen LogP contribution in [0.2, 0.25) is 0 Å². The highest BCUT2D eigenvalue weighted by Crippen LogP contribution is 2.28. The standard InChI is InChI=1S/C19H18N2O7/c1-26-14-8-9-15(16(11-14)21(24)25)20-18(22)12-28-19(23)10-7-13-5-3-4-6-17(13)27-2/h3-11H,12H2,1-2H3,(H,20,22)/b10-7+. The maximum Gasteiger partial charge on any atom is 0.331 e. The number of benzene rings is 2. The van der Waals surface area contributed by atoms with Crippen molar-refractivity contribution >= 4 is 29.3 Å². The van der Waals surface area contributed by atoms with Gasteiger partial charge in [-0.25, -0.2) is 4.79 Å². The summed E-state index contributed by atoms with van der Waals surface area (Å²) in [6, 6.07) is 11.0. The van der Waals surface area contributed by atoms with Gasteiger partial charge in [-0.3, -0.25) is 14.9 Å². The van der Waals surface area contributed by atoms with E-state index in [4.69, 9.17) is 14.2 Å². The lowest BCUT2D eigenvalue weighted by molar-refractivity contribution is -0.384. The van der Waals surface area contributed by atoms with Gasteiger partial charge in [-0.05, 0) is 24.3 Å². The average molecular weight is 386 g/mol. The van der Waals surface area contributed by atoms with E-state index in [0.717, 1.165) is 6.08 Å². The predicted octanol–water partition coefficient (Wildman–Crippen LogP) is 2.81. The number of nitro benzene ring substituents is 1. The third-order valence-electron chi connectivity index (χ3n) is 3.56. The van der Waals surface area contributed by atoms with Crippen LogP contribution in [0.15, 0.2) is 48.5 Å². The lowest BCUT2D eigenvalue weighted by atomic mass is 10.2. The van der Waals surface area contributed by atoms with E-state index < -0.39 is 23.4 Å². The normalized spacial score (nSPS) is 10.4. The van der Waals surface area contributed by atoms with E-state index in [1.807, 2.05) is 0 Å². The van der Waals surface area contributed by atoms with Gasteiger partial charge >= 0.3 is 5.97 Å². The van der Waals surface area contributed by atoms with Crippen LogP contribution in [0, 0.1) is 10.1 Å². The van der Waals surface area contributed by atoms with Crippen LogP contribution in [0.5, 0.6) is 11.5 Å². The molecule has 2 aromatic rings. The van der Waals surface area contributed by atoms with Crippen LogP contribution >= 0.6 is 0 Å². The smallest absolute Gasteiger partial charge is 0.331 e. The minimum absolute atomic E-state index is 0.0311. The number of esters is 1. The number of nitrogens with one attached hydrogen (secondary N) is 1. The number of nitro groups is 1. The molecule has 0 aromatic heterocycles. The van der Waals surface area contributed by atoms with Gasteiger partial charge in [-0.15, -0.1) is 0 Å². The van der Waals surface area contributed by atoms with Gasteiger partial charge in [0.15, 0.2) is 6.61 Å². The number of para-hydroxylation sites is 1. The van der Waals surface area contributed by atoms with E-state index in [2.05, 4.69) is 5.32 Å². The van der Waals surface area contributed by atoms with Crippen LogP contribution in [0.3, 0.4) is 0 Å².